The van der Waals surface area contributed by atoms with E-state index in [9.17, 15) is 5.11 Å². The van der Waals surface area contributed by atoms with Crippen LogP contribution in [0.4, 0.5) is 0 Å². The van der Waals surface area contributed by atoms with Gasteiger partial charge in [-0.1, -0.05) is 40.0 Å². The molecule has 1 N–H and O–H groups in total. The van der Waals surface area contributed by atoms with E-state index in [0.717, 1.165) is 42.4 Å². The molecular formula is C17H32O. The molecule has 0 aliphatic heterocycles. The highest BCUT2D eigenvalue weighted by Crippen LogP contribution is 2.47. The predicted octanol–water partition coefficient (Wildman–Crippen LogP) is 4.64. The van der Waals surface area contributed by atoms with Crippen LogP contribution in [0.3, 0.4) is 0 Å². The molecule has 0 spiro atoms. The van der Waals surface area contributed by atoms with Crippen LogP contribution in [-0.2, 0) is 0 Å². The lowest BCUT2D eigenvalue weighted by atomic mass is 9.61. The number of rotatable bonds is 3. The first kappa shape index (κ1) is 14.4. The normalized spacial score (nSPS) is 46.0. The molecule has 0 aromatic carbocycles. The van der Waals surface area contributed by atoms with Crippen LogP contribution in [-0.4, -0.2) is 11.2 Å². The molecule has 2 aliphatic carbocycles. The van der Waals surface area contributed by atoms with Gasteiger partial charge >= 0.3 is 0 Å². The summed E-state index contributed by atoms with van der Waals surface area (Å²) in [6.45, 7) is 7.14. The zero-order valence-corrected chi connectivity index (χ0v) is 12.6. The second-order valence-corrected chi connectivity index (χ2v) is 7.05. The lowest BCUT2D eigenvalue weighted by Gasteiger charge is -2.45. The molecular weight excluding hydrogens is 220 g/mol. The molecule has 0 heterocycles. The molecule has 2 saturated carbocycles. The summed E-state index contributed by atoms with van der Waals surface area (Å²) >= 11 is 0. The van der Waals surface area contributed by atoms with E-state index < -0.39 is 0 Å². The zero-order valence-electron chi connectivity index (χ0n) is 12.6. The average Bonchev–Trinajstić information content (AvgIpc) is 2.38. The lowest BCUT2D eigenvalue weighted by Crippen LogP contribution is -2.37. The summed E-state index contributed by atoms with van der Waals surface area (Å²) in [5, 5.41) is 9.89. The number of hydrogen-bond donors (Lipinski definition) is 1. The first-order valence-electron chi connectivity index (χ1n) is 8.33. The van der Waals surface area contributed by atoms with Gasteiger partial charge in [0.1, 0.15) is 0 Å². The fraction of sp³-hybridized carbons (Fsp3) is 1.00. The van der Waals surface area contributed by atoms with Crippen molar-refractivity contribution in [3.8, 4) is 0 Å². The van der Waals surface area contributed by atoms with Crippen LogP contribution in [0.1, 0.15) is 72.1 Å². The van der Waals surface area contributed by atoms with Crippen LogP contribution in [0.25, 0.3) is 0 Å². The molecule has 1 heteroatoms. The molecule has 18 heavy (non-hydrogen) atoms. The molecule has 0 aromatic heterocycles. The van der Waals surface area contributed by atoms with Crippen molar-refractivity contribution >= 4 is 0 Å². The molecule has 2 rings (SSSR count). The van der Waals surface area contributed by atoms with Crippen molar-refractivity contribution < 1.29 is 5.11 Å². The third-order valence-electron chi connectivity index (χ3n) is 5.92. The minimum atomic E-state index is -0.00575. The number of aliphatic hydroxyl groups is 1. The quantitative estimate of drug-likeness (QED) is 0.776. The fourth-order valence-electron chi connectivity index (χ4n) is 4.85. The Balaban J connectivity index is 2.03. The summed E-state index contributed by atoms with van der Waals surface area (Å²) < 4.78 is 0. The maximum atomic E-state index is 9.89. The average molecular weight is 252 g/mol. The summed E-state index contributed by atoms with van der Waals surface area (Å²) in [6, 6.07) is 0. The monoisotopic (exact) mass is 252 g/mol. The molecule has 0 amide bonds. The van der Waals surface area contributed by atoms with Gasteiger partial charge in [0.25, 0.3) is 0 Å². The van der Waals surface area contributed by atoms with E-state index in [0.29, 0.717) is 0 Å². The van der Waals surface area contributed by atoms with Crippen molar-refractivity contribution in [2.75, 3.05) is 0 Å². The van der Waals surface area contributed by atoms with Crippen molar-refractivity contribution in [1.29, 1.82) is 0 Å². The van der Waals surface area contributed by atoms with E-state index >= 15 is 0 Å². The van der Waals surface area contributed by atoms with Gasteiger partial charge in [0, 0.05) is 0 Å². The van der Waals surface area contributed by atoms with Crippen LogP contribution in [0.5, 0.6) is 0 Å². The van der Waals surface area contributed by atoms with Crippen molar-refractivity contribution in [1.82, 2.24) is 0 Å². The predicted molar refractivity (Wildman–Crippen MR) is 77.4 cm³/mol. The van der Waals surface area contributed by atoms with Crippen LogP contribution in [0.2, 0.25) is 0 Å². The summed E-state index contributed by atoms with van der Waals surface area (Å²) in [6.07, 6.45) is 10.4. The Hall–Kier alpha value is -0.0400. The van der Waals surface area contributed by atoms with Gasteiger partial charge in [0.2, 0.25) is 0 Å². The summed E-state index contributed by atoms with van der Waals surface area (Å²) in [5.41, 5.74) is 0. The van der Waals surface area contributed by atoms with E-state index in [-0.39, 0.29) is 6.10 Å². The third-order valence-corrected chi connectivity index (χ3v) is 5.92. The van der Waals surface area contributed by atoms with Gasteiger partial charge in [0.15, 0.2) is 0 Å². The standard InChI is InChI=1S/C17H32O/c1-4-13-10-12(3)6-8-16(13)17-9-7-15(18)11-14(17)5-2/h12-18H,4-11H2,1-3H3. The van der Waals surface area contributed by atoms with Gasteiger partial charge in [-0.15, -0.1) is 0 Å². The Kier molecular flexibility index (Phi) is 5.12. The maximum absolute atomic E-state index is 9.89. The van der Waals surface area contributed by atoms with E-state index in [2.05, 4.69) is 20.8 Å². The molecule has 1 nitrogen and oxygen atoms in total. The summed E-state index contributed by atoms with van der Waals surface area (Å²) in [4.78, 5) is 0. The van der Waals surface area contributed by atoms with Crippen molar-refractivity contribution in [2.45, 2.75) is 78.2 Å². The highest BCUT2D eigenvalue weighted by atomic mass is 16.3. The van der Waals surface area contributed by atoms with Gasteiger partial charge in [-0.25, -0.2) is 0 Å². The number of aliphatic hydroxyl groups excluding tert-OH is 1. The van der Waals surface area contributed by atoms with Crippen molar-refractivity contribution in [3.63, 3.8) is 0 Å². The molecule has 6 unspecified atom stereocenters. The number of hydrogen-bond acceptors (Lipinski definition) is 1. The van der Waals surface area contributed by atoms with Crippen LogP contribution in [0, 0.1) is 29.6 Å². The van der Waals surface area contributed by atoms with Gasteiger partial charge in [0.05, 0.1) is 6.10 Å². The molecule has 0 aromatic rings. The Morgan fingerprint density at radius 2 is 1.39 bits per heavy atom. The Bertz CT molecular complexity index is 224. The summed E-state index contributed by atoms with van der Waals surface area (Å²) in [7, 11) is 0. The molecule has 0 radical (unpaired) electrons. The van der Waals surface area contributed by atoms with Gasteiger partial charge < -0.3 is 5.11 Å². The van der Waals surface area contributed by atoms with E-state index in [1.165, 1.54) is 38.5 Å². The van der Waals surface area contributed by atoms with Gasteiger partial charge in [-0.05, 0) is 61.7 Å². The second kappa shape index (κ2) is 6.41. The first-order chi connectivity index (χ1) is 8.65. The molecule has 0 bridgehead atoms. The topological polar surface area (TPSA) is 20.2 Å². The Morgan fingerprint density at radius 1 is 0.833 bits per heavy atom. The SMILES string of the molecule is CCC1CC(C)CCC1C1CCC(O)CC1CC. The van der Waals surface area contributed by atoms with Crippen LogP contribution < -0.4 is 0 Å². The highest BCUT2D eigenvalue weighted by Gasteiger charge is 2.39. The van der Waals surface area contributed by atoms with E-state index in [1.54, 1.807) is 0 Å². The third kappa shape index (κ3) is 3.10. The van der Waals surface area contributed by atoms with E-state index in [4.69, 9.17) is 0 Å². The fourth-order valence-corrected chi connectivity index (χ4v) is 4.85. The second-order valence-electron chi connectivity index (χ2n) is 7.05. The van der Waals surface area contributed by atoms with Crippen molar-refractivity contribution in [2.24, 2.45) is 29.6 Å². The maximum Gasteiger partial charge on any atom is 0.0543 e. The molecule has 2 fully saturated rings. The molecule has 106 valence electrons. The van der Waals surface area contributed by atoms with Crippen LogP contribution in [0.15, 0.2) is 0 Å². The van der Waals surface area contributed by atoms with Gasteiger partial charge in [-0.2, -0.15) is 0 Å². The molecule has 6 atom stereocenters. The summed E-state index contributed by atoms with van der Waals surface area (Å²) in [5.74, 6) is 4.57. The largest absolute Gasteiger partial charge is 0.393 e. The van der Waals surface area contributed by atoms with Crippen molar-refractivity contribution in [3.05, 3.63) is 0 Å². The highest BCUT2D eigenvalue weighted by molar-refractivity contribution is 4.89. The minimum Gasteiger partial charge on any atom is -0.393 e. The van der Waals surface area contributed by atoms with Crippen LogP contribution >= 0.6 is 0 Å². The first-order valence-corrected chi connectivity index (χ1v) is 8.33. The zero-order chi connectivity index (χ0) is 13.1. The molecule has 0 saturated heterocycles. The molecule has 2 aliphatic rings. The van der Waals surface area contributed by atoms with E-state index in [1.807, 2.05) is 0 Å². The lowest BCUT2D eigenvalue weighted by molar-refractivity contribution is 0.00969. The van der Waals surface area contributed by atoms with Gasteiger partial charge in [-0.3, -0.25) is 0 Å². The smallest absolute Gasteiger partial charge is 0.0543 e. The Morgan fingerprint density at radius 3 is 2.00 bits per heavy atom. The Labute approximate surface area is 113 Å². The minimum absolute atomic E-state index is 0.00575.